The summed E-state index contributed by atoms with van der Waals surface area (Å²) in [6, 6.07) is 5.41. The molecule has 74 valence electrons. The number of anilines is 1. The summed E-state index contributed by atoms with van der Waals surface area (Å²) in [6.07, 6.45) is 2.05. The van der Waals surface area contributed by atoms with Gasteiger partial charge in [-0.05, 0) is 25.0 Å². The van der Waals surface area contributed by atoms with Crippen molar-refractivity contribution in [2.45, 2.75) is 19.4 Å². The summed E-state index contributed by atoms with van der Waals surface area (Å²) in [5.74, 6) is 0.869. The Morgan fingerprint density at radius 1 is 1.57 bits per heavy atom. The zero-order valence-electron chi connectivity index (χ0n) is 7.86. The van der Waals surface area contributed by atoms with Crippen molar-refractivity contribution >= 4 is 11.7 Å². The van der Waals surface area contributed by atoms with Gasteiger partial charge in [0.2, 0.25) is 5.91 Å². The van der Waals surface area contributed by atoms with E-state index in [1.54, 1.807) is 6.07 Å². The molecule has 4 nitrogen and oxygen atoms in total. The third kappa shape index (κ3) is 2.22. The van der Waals surface area contributed by atoms with Gasteiger partial charge in [0.15, 0.2) is 0 Å². The number of rotatable bonds is 3. The summed E-state index contributed by atoms with van der Waals surface area (Å²) in [6.45, 7) is 0.473. The van der Waals surface area contributed by atoms with Crippen molar-refractivity contribution in [1.29, 1.82) is 0 Å². The molecule has 1 heterocycles. The molecule has 2 rings (SSSR count). The van der Waals surface area contributed by atoms with Crippen LogP contribution in [0, 0.1) is 5.92 Å². The molecule has 1 amide bonds. The quantitative estimate of drug-likeness (QED) is 0.738. The highest BCUT2D eigenvalue weighted by atomic mass is 16.2. The number of nitrogen functional groups attached to an aromatic ring is 1. The Hall–Kier alpha value is -1.58. The molecule has 1 aliphatic rings. The van der Waals surface area contributed by atoms with Gasteiger partial charge in [-0.15, -0.1) is 0 Å². The topological polar surface area (TPSA) is 68.0 Å². The van der Waals surface area contributed by atoms with Crippen LogP contribution in [0.1, 0.15) is 18.5 Å². The minimum Gasteiger partial charge on any atom is -0.384 e. The lowest BCUT2D eigenvalue weighted by molar-refractivity contribution is -0.122. The Balaban J connectivity index is 1.87. The average Bonchev–Trinajstić information content (AvgIpc) is 2.97. The number of nitrogens with zero attached hydrogens (tertiary/aromatic N) is 1. The molecule has 0 spiro atoms. The van der Waals surface area contributed by atoms with Crippen LogP contribution in [0.25, 0.3) is 0 Å². The number of carbonyl (C=O) groups excluding carboxylic acids is 1. The van der Waals surface area contributed by atoms with Gasteiger partial charge in [0.05, 0.1) is 12.2 Å². The van der Waals surface area contributed by atoms with E-state index in [-0.39, 0.29) is 11.8 Å². The molecule has 0 aromatic carbocycles. The van der Waals surface area contributed by atoms with Gasteiger partial charge in [0.25, 0.3) is 0 Å². The Kier molecular flexibility index (Phi) is 2.35. The van der Waals surface area contributed by atoms with E-state index in [9.17, 15) is 4.79 Å². The van der Waals surface area contributed by atoms with Crippen molar-refractivity contribution < 1.29 is 4.79 Å². The maximum Gasteiger partial charge on any atom is 0.223 e. The molecule has 4 heteroatoms. The first-order valence-electron chi connectivity index (χ1n) is 4.75. The lowest BCUT2D eigenvalue weighted by atomic mass is 10.3. The maximum atomic E-state index is 11.3. The minimum atomic E-state index is 0.134. The Bertz CT molecular complexity index is 347. The zero-order valence-corrected chi connectivity index (χ0v) is 7.86. The number of aromatic nitrogens is 1. The molecule has 1 fully saturated rings. The van der Waals surface area contributed by atoms with Gasteiger partial charge in [0, 0.05) is 5.92 Å². The monoisotopic (exact) mass is 191 g/mol. The van der Waals surface area contributed by atoms with E-state index in [4.69, 9.17) is 5.73 Å². The van der Waals surface area contributed by atoms with Gasteiger partial charge in [-0.2, -0.15) is 0 Å². The summed E-state index contributed by atoms with van der Waals surface area (Å²) < 4.78 is 0. The molecular weight excluding hydrogens is 178 g/mol. The Morgan fingerprint density at radius 3 is 3.00 bits per heavy atom. The minimum absolute atomic E-state index is 0.134. The fraction of sp³-hybridized carbons (Fsp3) is 0.400. The third-order valence-corrected chi connectivity index (χ3v) is 2.22. The van der Waals surface area contributed by atoms with Crippen LogP contribution >= 0.6 is 0 Å². The largest absolute Gasteiger partial charge is 0.384 e. The van der Waals surface area contributed by atoms with Crippen LogP contribution in [-0.4, -0.2) is 10.9 Å². The lowest BCUT2D eigenvalue weighted by Crippen LogP contribution is -2.24. The van der Waals surface area contributed by atoms with Crippen molar-refractivity contribution in [2.24, 2.45) is 5.92 Å². The summed E-state index contributed by atoms with van der Waals surface area (Å²) in [7, 11) is 0. The van der Waals surface area contributed by atoms with Gasteiger partial charge < -0.3 is 11.1 Å². The number of nitrogens with two attached hydrogens (primary N) is 1. The summed E-state index contributed by atoms with van der Waals surface area (Å²) in [5, 5.41) is 2.83. The summed E-state index contributed by atoms with van der Waals surface area (Å²) >= 11 is 0. The van der Waals surface area contributed by atoms with Crippen LogP contribution in [0.3, 0.4) is 0 Å². The normalized spacial score (nSPS) is 15.1. The van der Waals surface area contributed by atoms with Gasteiger partial charge in [-0.1, -0.05) is 6.07 Å². The number of hydrogen-bond acceptors (Lipinski definition) is 3. The second-order valence-electron chi connectivity index (χ2n) is 3.55. The molecule has 0 unspecified atom stereocenters. The second-order valence-corrected chi connectivity index (χ2v) is 3.55. The zero-order chi connectivity index (χ0) is 9.97. The molecule has 14 heavy (non-hydrogen) atoms. The Morgan fingerprint density at radius 2 is 2.36 bits per heavy atom. The molecule has 0 atom stereocenters. The van der Waals surface area contributed by atoms with Crippen molar-refractivity contribution in [2.75, 3.05) is 5.73 Å². The molecule has 3 N–H and O–H groups in total. The van der Waals surface area contributed by atoms with E-state index in [0.717, 1.165) is 18.5 Å². The van der Waals surface area contributed by atoms with E-state index in [1.807, 2.05) is 12.1 Å². The third-order valence-electron chi connectivity index (χ3n) is 2.22. The van der Waals surface area contributed by atoms with Crippen molar-refractivity contribution in [1.82, 2.24) is 10.3 Å². The molecule has 0 saturated heterocycles. The van der Waals surface area contributed by atoms with Crippen molar-refractivity contribution in [3.63, 3.8) is 0 Å². The van der Waals surface area contributed by atoms with E-state index < -0.39 is 0 Å². The van der Waals surface area contributed by atoms with Crippen LogP contribution in [0.4, 0.5) is 5.82 Å². The van der Waals surface area contributed by atoms with E-state index >= 15 is 0 Å². The van der Waals surface area contributed by atoms with Crippen LogP contribution in [0.5, 0.6) is 0 Å². The van der Waals surface area contributed by atoms with Gasteiger partial charge in [-0.3, -0.25) is 4.79 Å². The van der Waals surface area contributed by atoms with Crippen LogP contribution in [0.15, 0.2) is 18.2 Å². The average molecular weight is 191 g/mol. The smallest absolute Gasteiger partial charge is 0.223 e. The molecule has 0 aliphatic heterocycles. The van der Waals surface area contributed by atoms with Gasteiger partial charge in [0.1, 0.15) is 5.82 Å². The highest BCUT2D eigenvalue weighted by molar-refractivity contribution is 5.80. The lowest BCUT2D eigenvalue weighted by Gasteiger charge is -2.03. The highest BCUT2D eigenvalue weighted by Crippen LogP contribution is 2.28. The molecule has 1 aromatic rings. The first-order valence-corrected chi connectivity index (χ1v) is 4.75. The predicted molar refractivity (Wildman–Crippen MR) is 53.2 cm³/mol. The maximum absolute atomic E-state index is 11.3. The summed E-state index contributed by atoms with van der Waals surface area (Å²) in [4.78, 5) is 15.4. The summed E-state index contributed by atoms with van der Waals surface area (Å²) in [5.41, 5.74) is 6.32. The number of amides is 1. The standard InChI is InChI=1S/C10H13N3O/c11-9-3-1-2-8(13-9)6-12-10(14)7-4-5-7/h1-3,7H,4-6H2,(H2,11,13)(H,12,14). The van der Waals surface area contributed by atoms with Crippen molar-refractivity contribution in [3.05, 3.63) is 23.9 Å². The SMILES string of the molecule is Nc1cccc(CNC(=O)C2CC2)n1. The number of hydrogen-bond donors (Lipinski definition) is 2. The van der Waals surface area contributed by atoms with Crippen LogP contribution < -0.4 is 11.1 Å². The van der Waals surface area contributed by atoms with E-state index in [0.29, 0.717) is 12.4 Å². The van der Waals surface area contributed by atoms with Gasteiger partial charge >= 0.3 is 0 Å². The fourth-order valence-electron chi connectivity index (χ4n) is 1.26. The molecule has 0 bridgehead atoms. The molecular formula is C10H13N3O. The van der Waals surface area contributed by atoms with Gasteiger partial charge in [-0.25, -0.2) is 4.98 Å². The molecule has 1 aliphatic carbocycles. The van der Waals surface area contributed by atoms with Crippen molar-refractivity contribution in [3.8, 4) is 0 Å². The first kappa shape index (κ1) is 8.99. The first-order chi connectivity index (χ1) is 6.75. The van der Waals surface area contributed by atoms with E-state index in [1.165, 1.54) is 0 Å². The number of nitrogens with one attached hydrogen (secondary N) is 1. The molecule has 1 saturated carbocycles. The molecule has 0 radical (unpaired) electrons. The number of pyridine rings is 1. The van der Waals surface area contributed by atoms with Crippen LogP contribution in [0.2, 0.25) is 0 Å². The predicted octanol–water partition coefficient (Wildman–Crippen LogP) is 0.690. The van der Waals surface area contributed by atoms with E-state index in [2.05, 4.69) is 10.3 Å². The Labute approximate surface area is 82.5 Å². The second kappa shape index (κ2) is 3.65. The number of carbonyl (C=O) groups is 1. The molecule has 1 aromatic heterocycles. The van der Waals surface area contributed by atoms with Crippen LogP contribution in [-0.2, 0) is 11.3 Å². The fourth-order valence-corrected chi connectivity index (χ4v) is 1.26. The highest BCUT2D eigenvalue weighted by Gasteiger charge is 2.29.